The number of rotatable bonds is 5. The minimum Gasteiger partial charge on any atom is -0.303 e. The Balaban J connectivity index is 2.60. The molecule has 0 saturated carbocycles. The van der Waals surface area contributed by atoms with Crippen molar-refractivity contribution in [1.29, 1.82) is 0 Å². The lowest BCUT2D eigenvalue weighted by Gasteiger charge is -2.21. The predicted octanol–water partition coefficient (Wildman–Crippen LogP) is 2.80. The number of hydrogen-bond acceptors (Lipinski definition) is 1. The highest BCUT2D eigenvalue weighted by molar-refractivity contribution is 6.02. The molecule has 2 unspecified atom stereocenters. The molecule has 0 spiro atoms. The Morgan fingerprint density at radius 1 is 1.57 bits per heavy atom. The van der Waals surface area contributed by atoms with Gasteiger partial charge in [-0.05, 0) is 25.2 Å². The molecule has 1 aliphatic rings. The van der Waals surface area contributed by atoms with Gasteiger partial charge in [0, 0.05) is 6.20 Å². The van der Waals surface area contributed by atoms with Crippen molar-refractivity contribution in [2.24, 2.45) is 11.8 Å². The molecule has 1 saturated heterocycles. The van der Waals surface area contributed by atoms with Crippen molar-refractivity contribution in [3.8, 4) is 0 Å². The van der Waals surface area contributed by atoms with Gasteiger partial charge in [0.2, 0.25) is 0 Å². The summed E-state index contributed by atoms with van der Waals surface area (Å²) in [5.74, 6) is 1.51. The standard InChI is InChI=1S/C12H21NO/c1-6-10(9(3)4)8-12(5)11(14)13(12)7-2/h7,9-10H,2,6,8H2,1,3-5H3. The van der Waals surface area contributed by atoms with Crippen LogP contribution < -0.4 is 0 Å². The predicted molar refractivity (Wildman–Crippen MR) is 58.7 cm³/mol. The van der Waals surface area contributed by atoms with Gasteiger partial charge in [-0.15, -0.1) is 0 Å². The van der Waals surface area contributed by atoms with E-state index >= 15 is 0 Å². The Hall–Kier alpha value is -0.790. The van der Waals surface area contributed by atoms with Gasteiger partial charge in [-0.3, -0.25) is 4.79 Å². The number of carbonyl (C=O) groups excluding carboxylic acids is 1. The van der Waals surface area contributed by atoms with Crippen LogP contribution in [0.3, 0.4) is 0 Å². The Morgan fingerprint density at radius 2 is 2.14 bits per heavy atom. The van der Waals surface area contributed by atoms with E-state index in [2.05, 4.69) is 27.4 Å². The maximum Gasteiger partial charge on any atom is 0.253 e. The van der Waals surface area contributed by atoms with Gasteiger partial charge in [0.25, 0.3) is 5.91 Å². The second kappa shape index (κ2) is 3.76. The molecule has 1 heterocycles. The molecule has 2 nitrogen and oxygen atoms in total. The molecule has 0 bridgehead atoms. The molecule has 14 heavy (non-hydrogen) atoms. The molecule has 80 valence electrons. The minimum absolute atomic E-state index is 0.228. The fourth-order valence-corrected chi connectivity index (χ4v) is 2.19. The number of carbonyl (C=O) groups is 1. The molecule has 0 aliphatic carbocycles. The molecule has 0 radical (unpaired) electrons. The van der Waals surface area contributed by atoms with E-state index in [1.165, 1.54) is 0 Å². The summed E-state index contributed by atoms with van der Waals surface area (Å²) >= 11 is 0. The monoisotopic (exact) mass is 195 g/mol. The molecule has 2 heteroatoms. The third-order valence-corrected chi connectivity index (χ3v) is 3.47. The Kier molecular flexibility index (Phi) is 3.03. The van der Waals surface area contributed by atoms with Gasteiger partial charge in [-0.25, -0.2) is 0 Å². The van der Waals surface area contributed by atoms with Gasteiger partial charge in [0.1, 0.15) is 5.54 Å². The Labute approximate surface area is 87.0 Å². The number of nitrogens with zero attached hydrogens (tertiary/aromatic N) is 1. The molecule has 0 aromatic heterocycles. The molecule has 1 aliphatic heterocycles. The largest absolute Gasteiger partial charge is 0.303 e. The molecular formula is C12H21NO. The topological polar surface area (TPSA) is 20.1 Å². The smallest absolute Gasteiger partial charge is 0.253 e. The summed E-state index contributed by atoms with van der Waals surface area (Å²) in [7, 11) is 0. The fraction of sp³-hybridized carbons (Fsp3) is 0.750. The van der Waals surface area contributed by atoms with Crippen molar-refractivity contribution in [3.05, 3.63) is 12.8 Å². The van der Waals surface area contributed by atoms with Gasteiger partial charge >= 0.3 is 0 Å². The first-order valence-electron chi connectivity index (χ1n) is 5.43. The van der Waals surface area contributed by atoms with Crippen LogP contribution in [-0.2, 0) is 4.79 Å². The molecule has 1 fully saturated rings. The maximum atomic E-state index is 11.5. The zero-order chi connectivity index (χ0) is 10.9. The van der Waals surface area contributed by atoms with Gasteiger partial charge < -0.3 is 4.90 Å². The second-order valence-electron chi connectivity index (χ2n) is 4.75. The quantitative estimate of drug-likeness (QED) is 0.618. The summed E-state index contributed by atoms with van der Waals surface area (Å²) in [6, 6.07) is 0. The number of hydrogen-bond donors (Lipinski definition) is 0. The second-order valence-corrected chi connectivity index (χ2v) is 4.75. The maximum absolute atomic E-state index is 11.5. The van der Waals surface area contributed by atoms with Crippen molar-refractivity contribution in [2.45, 2.75) is 46.1 Å². The molecule has 1 amide bonds. The normalized spacial score (nSPS) is 28.1. The van der Waals surface area contributed by atoms with Crippen molar-refractivity contribution in [2.75, 3.05) is 0 Å². The molecule has 0 aromatic carbocycles. The van der Waals surface area contributed by atoms with E-state index in [0.29, 0.717) is 11.8 Å². The SMILES string of the molecule is C=CN1C(=O)C1(C)CC(CC)C(C)C. The van der Waals surface area contributed by atoms with Crippen LogP contribution >= 0.6 is 0 Å². The summed E-state index contributed by atoms with van der Waals surface area (Å²) in [4.78, 5) is 13.2. The zero-order valence-electron chi connectivity index (χ0n) is 9.71. The van der Waals surface area contributed by atoms with Crippen molar-refractivity contribution in [3.63, 3.8) is 0 Å². The number of amides is 1. The molecule has 2 atom stereocenters. The summed E-state index contributed by atoms with van der Waals surface area (Å²) < 4.78 is 0. The van der Waals surface area contributed by atoms with Gasteiger partial charge in [0.15, 0.2) is 0 Å². The highest BCUT2D eigenvalue weighted by Gasteiger charge is 2.57. The lowest BCUT2D eigenvalue weighted by Crippen LogP contribution is -2.20. The molecule has 0 aromatic rings. The van der Waals surface area contributed by atoms with E-state index in [4.69, 9.17) is 0 Å². The first-order chi connectivity index (χ1) is 6.47. The van der Waals surface area contributed by atoms with Crippen LogP contribution in [0, 0.1) is 11.8 Å². The van der Waals surface area contributed by atoms with Crippen LogP contribution in [0.15, 0.2) is 12.8 Å². The van der Waals surface area contributed by atoms with Crippen molar-refractivity contribution in [1.82, 2.24) is 4.90 Å². The third-order valence-electron chi connectivity index (χ3n) is 3.47. The summed E-state index contributed by atoms with van der Waals surface area (Å²) in [5.41, 5.74) is -0.243. The van der Waals surface area contributed by atoms with Crippen LogP contribution in [0.5, 0.6) is 0 Å². The van der Waals surface area contributed by atoms with Gasteiger partial charge in [0.05, 0.1) is 0 Å². The fourth-order valence-electron chi connectivity index (χ4n) is 2.19. The van der Waals surface area contributed by atoms with Crippen LogP contribution in [0.4, 0.5) is 0 Å². The van der Waals surface area contributed by atoms with E-state index < -0.39 is 0 Å². The Bertz CT molecular complexity index is 247. The molecule has 1 rings (SSSR count). The third kappa shape index (κ3) is 1.70. The van der Waals surface area contributed by atoms with Crippen molar-refractivity contribution < 1.29 is 4.79 Å². The first kappa shape index (κ1) is 11.3. The summed E-state index contributed by atoms with van der Waals surface area (Å²) in [6.07, 6.45) is 3.76. The van der Waals surface area contributed by atoms with Gasteiger partial charge in [-0.2, -0.15) is 0 Å². The lowest BCUT2D eigenvalue weighted by atomic mass is 9.85. The zero-order valence-corrected chi connectivity index (χ0v) is 9.71. The highest BCUT2D eigenvalue weighted by Crippen LogP contribution is 2.41. The molecule has 0 N–H and O–H groups in total. The van der Waals surface area contributed by atoms with E-state index in [1.807, 2.05) is 6.92 Å². The van der Waals surface area contributed by atoms with Crippen LogP contribution in [-0.4, -0.2) is 16.3 Å². The summed E-state index contributed by atoms with van der Waals surface area (Å²) in [5, 5.41) is 0. The average molecular weight is 195 g/mol. The minimum atomic E-state index is -0.243. The van der Waals surface area contributed by atoms with Crippen molar-refractivity contribution >= 4 is 5.91 Å². The first-order valence-corrected chi connectivity index (χ1v) is 5.43. The highest BCUT2D eigenvalue weighted by atomic mass is 16.2. The van der Waals surface area contributed by atoms with Crippen LogP contribution in [0.1, 0.15) is 40.5 Å². The van der Waals surface area contributed by atoms with Gasteiger partial charge in [-0.1, -0.05) is 33.8 Å². The van der Waals surface area contributed by atoms with E-state index in [9.17, 15) is 4.79 Å². The summed E-state index contributed by atoms with van der Waals surface area (Å²) in [6.45, 7) is 12.3. The van der Waals surface area contributed by atoms with E-state index in [1.54, 1.807) is 11.1 Å². The van der Waals surface area contributed by atoms with Crippen LogP contribution in [0.2, 0.25) is 0 Å². The molecular weight excluding hydrogens is 174 g/mol. The van der Waals surface area contributed by atoms with E-state index in [0.717, 1.165) is 12.8 Å². The lowest BCUT2D eigenvalue weighted by molar-refractivity contribution is -0.113. The average Bonchev–Trinajstić information content (AvgIpc) is 2.64. The van der Waals surface area contributed by atoms with E-state index in [-0.39, 0.29) is 11.4 Å². The Morgan fingerprint density at radius 3 is 2.43 bits per heavy atom. The van der Waals surface area contributed by atoms with Crippen LogP contribution in [0.25, 0.3) is 0 Å².